The van der Waals surface area contributed by atoms with Crippen LogP contribution in [0.5, 0.6) is 0 Å². The quantitative estimate of drug-likeness (QED) is 0.630. The van der Waals surface area contributed by atoms with Crippen LogP contribution in [0.25, 0.3) is 11.1 Å². The first-order chi connectivity index (χ1) is 10.7. The van der Waals surface area contributed by atoms with Crippen molar-refractivity contribution in [3.63, 3.8) is 0 Å². The Balaban J connectivity index is 2.12. The van der Waals surface area contributed by atoms with E-state index >= 15 is 0 Å². The second-order valence-corrected chi connectivity index (χ2v) is 4.87. The molecule has 3 aromatic carbocycles. The van der Waals surface area contributed by atoms with Crippen molar-refractivity contribution in [2.45, 2.75) is 0 Å². The van der Waals surface area contributed by atoms with E-state index < -0.39 is 17.4 Å². The summed E-state index contributed by atoms with van der Waals surface area (Å²) in [7, 11) is 0. The number of benzene rings is 3. The topological polar surface area (TPSA) is 17.1 Å². The molecule has 0 radical (unpaired) electrons. The zero-order valence-electron chi connectivity index (χ0n) is 11.6. The number of ketones is 1. The normalized spacial score (nSPS) is 10.5. The molecule has 0 bridgehead atoms. The van der Waals surface area contributed by atoms with E-state index in [4.69, 9.17) is 0 Å². The molecule has 0 amide bonds. The Bertz CT molecular complexity index is 812. The van der Waals surface area contributed by atoms with Gasteiger partial charge in [-0.05, 0) is 11.6 Å². The minimum Gasteiger partial charge on any atom is -0.288 e. The summed E-state index contributed by atoms with van der Waals surface area (Å²) in [6.07, 6.45) is 0. The van der Waals surface area contributed by atoms with E-state index in [1.54, 1.807) is 60.7 Å². The van der Waals surface area contributed by atoms with Gasteiger partial charge in [-0.15, -0.1) is 0 Å². The van der Waals surface area contributed by atoms with Gasteiger partial charge in [0.25, 0.3) is 0 Å². The van der Waals surface area contributed by atoms with Gasteiger partial charge < -0.3 is 0 Å². The summed E-state index contributed by atoms with van der Waals surface area (Å²) >= 11 is 0. The van der Waals surface area contributed by atoms with Crippen LogP contribution in [0.3, 0.4) is 0 Å². The molecule has 3 aromatic rings. The van der Waals surface area contributed by atoms with Crippen LogP contribution in [-0.4, -0.2) is 5.78 Å². The summed E-state index contributed by atoms with van der Waals surface area (Å²) in [6, 6.07) is 19.2. The molecule has 0 unspecified atom stereocenters. The lowest BCUT2D eigenvalue weighted by Crippen LogP contribution is -2.05. The van der Waals surface area contributed by atoms with E-state index in [2.05, 4.69) is 0 Å². The Hall–Kier alpha value is -2.81. The summed E-state index contributed by atoms with van der Waals surface area (Å²) in [5.41, 5.74) is 1.04. The lowest BCUT2D eigenvalue weighted by atomic mass is 9.97. The molecule has 0 aliphatic carbocycles. The van der Waals surface area contributed by atoms with Crippen LogP contribution in [0.15, 0.2) is 72.8 Å². The van der Waals surface area contributed by atoms with Crippen LogP contribution in [0.4, 0.5) is 8.78 Å². The maximum atomic E-state index is 14.0. The molecular weight excluding hydrogens is 282 g/mol. The average Bonchev–Trinajstić information content (AvgIpc) is 2.56. The maximum Gasteiger partial charge on any atom is 0.195 e. The van der Waals surface area contributed by atoms with Gasteiger partial charge in [-0.1, -0.05) is 60.7 Å². The fourth-order valence-corrected chi connectivity index (χ4v) is 2.31. The van der Waals surface area contributed by atoms with Crippen molar-refractivity contribution in [1.82, 2.24) is 0 Å². The molecule has 0 saturated carbocycles. The van der Waals surface area contributed by atoms with E-state index in [1.165, 1.54) is 6.07 Å². The lowest BCUT2D eigenvalue weighted by molar-refractivity contribution is 0.103. The molecule has 0 spiro atoms. The van der Waals surface area contributed by atoms with E-state index in [9.17, 15) is 13.6 Å². The predicted molar refractivity (Wildman–Crippen MR) is 81.7 cm³/mol. The third-order valence-corrected chi connectivity index (χ3v) is 3.42. The van der Waals surface area contributed by atoms with Gasteiger partial charge in [0.1, 0.15) is 11.6 Å². The molecule has 108 valence electrons. The van der Waals surface area contributed by atoms with Crippen molar-refractivity contribution in [1.29, 1.82) is 0 Å². The molecule has 0 saturated heterocycles. The molecule has 22 heavy (non-hydrogen) atoms. The van der Waals surface area contributed by atoms with Gasteiger partial charge in [0.05, 0.1) is 5.56 Å². The summed E-state index contributed by atoms with van der Waals surface area (Å²) < 4.78 is 28.1. The second-order valence-electron chi connectivity index (χ2n) is 4.87. The Morgan fingerprint density at radius 2 is 1.32 bits per heavy atom. The van der Waals surface area contributed by atoms with Gasteiger partial charge in [0.15, 0.2) is 5.78 Å². The monoisotopic (exact) mass is 294 g/mol. The summed E-state index contributed by atoms with van der Waals surface area (Å²) in [4.78, 5) is 12.4. The van der Waals surface area contributed by atoms with Gasteiger partial charge in [-0.3, -0.25) is 4.79 Å². The van der Waals surface area contributed by atoms with Gasteiger partial charge in [0.2, 0.25) is 0 Å². The van der Waals surface area contributed by atoms with Gasteiger partial charge in [0, 0.05) is 17.2 Å². The first-order valence-corrected chi connectivity index (χ1v) is 6.81. The summed E-state index contributed by atoms with van der Waals surface area (Å²) in [6.45, 7) is 0. The number of halogens is 2. The zero-order valence-corrected chi connectivity index (χ0v) is 11.6. The minimum absolute atomic E-state index is 0.133. The zero-order chi connectivity index (χ0) is 15.5. The van der Waals surface area contributed by atoms with Crippen LogP contribution in [-0.2, 0) is 0 Å². The molecule has 0 heterocycles. The molecular formula is C19H12F2O. The fraction of sp³-hybridized carbons (Fsp3) is 0. The van der Waals surface area contributed by atoms with Crippen molar-refractivity contribution >= 4 is 5.78 Å². The van der Waals surface area contributed by atoms with E-state index in [1.807, 2.05) is 0 Å². The largest absolute Gasteiger partial charge is 0.288 e. The SMILES string of the molecule is O=C(c1ccccc1)c1cc(-c2ccccc2)c(F)cc1F. The smallest absolute Gasteiger partial charge is 0.195 e. The lowest BCUT2D eigenvalue weighted by Gasteiger charge is -2.08. The second kappa shape index (κ2) is 5.90. The Labute approximate surface area is 126 Å². The summed E-state index contributed by atoms with van der Waals surface area (Å²) in [5, 5.41) is 0. The molecule has 3 rings (SSSR count). The van der Waals surface area contributed by atoms with Crippen molar-refractivity contribution in [3.8, 4) is 11.1 Å². The van der Waals surface area contributed by atoms with Crippen molar-refractivity contribution in [3.05, 3.63) is 95.6 Å². The molecule has 0 N–H and O–H groups in total. The van der Waals surface area contributed by atoms with Crippen molar-refractivity contribution < 1.29 is 13.6 Å². The number of hydrogen-bond donors (Lipinski definition) is 0. The molecule has 0 aromatic heterocycles. The van der Waals surface area contributed by atoms with Crippen LogP contribution in [0.1, 0.15) is 15.9 Å². The Morgan fingerprint density at radius 1 is 0.727 bits per heavy atom. The average molecular weight is 294 g/mol. The Morgan fingerprint density at radius 3 is 1.95 bits per heavy atom. The highest BCUT2D eigenvalue weighted by atomic mass is 19.1. The number of hydrogen-bond acceptors (Lipinski definition) is 1. The molecule has 1 nitrogen and oxygen atoms in total. The van der Waals surface area contributed by atoms with E-state index in [-0.39, 0.29) is 11.1 Å². The Kier molecular flexibility index (Phi) is 3.79. The van der Waals surface area contributed by atoms with Gasteiger partial charge in [-0.2, -0.15) is 0 Å². The van der Waals surface area contributed by atoms with Crippen LogP contribution in [0.2, 0.25) is 0 Å². The fourth-order valence-electron chi connectivity index (χ4n) is 2.31. The standard InChI is InChI=1S/C19H12F2O/c20-17-12-18(21)16(19(22)14-9-5-2-6-10-14)11-15(17)13-7-3-1-4-8-13/h1-12H. The maximum absolute atomic E-state index is 14.0. The molecule has 0 atom stereocenters. The van der Waals surface area contributed by atoms with Crippen LogP contribution in [0, 0.1) is 11.6 Å². The van der Waals surface area contributed by atoms with Gasteiger partial charge >= 0.3 is 0 Å². The van der Waals surface area contributed by atoms with Gasteiger partial charge in [-0.25, -0.2) is 8.78 Å². The van der Waals surface area contributed by atoms with Crippen molar-refractivity contribution in [2.75, 3.05) is 0 Å². The number of rotatable bonds is 3. The first kappa shape index (κ1) is 14.1. The number of carbonyl (C=O) groups excluding carboxylic acids is 1. The minimum atomic E-state index is -0.856. The van der Waals surface area contributed by atoms with Crippen LogP contribution >= 0.6 is 0 Å². The summed E-state index contributed by atoms with van der Waals surface area (Å²) in [5.74, 6) is -2.00. The highest BCUT2D eigenvalue weighted by Crippen LogP contribution is 2.26. The first-order valence-electron chi connectivity index (χ1n) is 6.81. The molecule has 3 heteroatoms. The molecule has 0 aliphatic heterocycles. The van der Waals surface area contributed by atoms with E-state index in [0.717, 1.165) is 6.07 Å². The predicted octanol–water partition coefficient (Wildman–Crippen LogP) is 4.86. The van der Waals surface area contributed by atoms with Crippen molar-refractivity contribution in [2.24, 2.45) is 0 Å². The third kappa shape index (κ3) is 2.66. The molecule has 0 aliphatic rings. The highest BCUT2D eigenvalue weighted by molar-refractivity contribution is 6.09. The third-order valence-electron chi connectivity index (χ3n) is 3.42. The number of carbonyl (C=O) groups is 1. The van der Waals surface area contributed by atoms with Crippen LogP contribution < -0.4 is 0 Å². The van der Waals surface area contributed by atoms with E-state index in [0.29, 0.717) is 11.1 Å². The molecule has 0 fully saturated rings. The highest BCUT2D eigenvalue weighted by Gasteiger charge is 2.18.